The van der Waals surface area contributed by atoms with E-state index in [4.69, 9.17) is 0 Å². The minimum Gasteiger partial charge on any atom is -0.264 e. The molecule has 0 spiro atoms. The summed E-state index contributed by atoms with van der Waals surface area (Å²) >= 11 is 1.80. The van der Waals surface area contributed by atoms with Crippen LogP contribution < -0.4 is 0 Å². The fraction of sp³-hybridized carbons (Fsp3) is 0.222. The van der Waals surface area contributed by atoms with E-state index in [-0.39, 0.29) is 0 Å². The summed E-state index contributed by atoms with van der Waals surface area (Å²) in [4.78, 5) is 5.33. The number of nitrogens with zero attached hydrogens (tertiary/aromatic N) is 1. The number of hydrogen-bond donors (Lipinski definition) is 0. The van der Waals surface area contributed by atoms with Crippen molar-refractivity contribution in [2.45, 2.75) is 6.92 Å². The van der Waals surface area contributed by atoms with Gasteiger partial charge in [-0.2, -0.15) is 0 Å². The Kier molecular flexibility index (Phi) is 3.17. The molecule has 11 heavy (non-hydrogen) atoms. The Labute approximate surface area is 71.6 Å². The normalized spacial score (nSPS) is 29.2. The zero-order valence-electron chi connectivity index (χ0n) is 6.58. The predicted octanol–water partition coefficient (Wildman–Crippen LogP) is 2.78. The molecular formula is C9H11NS. The third-order valence-electron chi connectivity index (χ3n) is 1.23. The lowest BCUT2D eigenvalue weighted by molar-refractivity contribution is 1.55. The van der Waals surface area contributed by atoms with E-state index in [1.54, 1.807) is 18.0 Å². The Hall–Kier alpha value is -0.760. The van der Waals surface area contributed by atoms with Gasteiger partial charge >= 0.3 is 0 Å². The zero-order valence-corrected chi connectivity index (χ0v) is 7.40. The predicted molar refractivity (Wildman–Crippen MR) is 53.0 cm³/mol. The molecule has 0 aliphatic carbocycles. The minimum atomic E-state index is 0.960. The Morgan fingerprint density at radius 1 is 1.64 bits per heavy atom. The Morgan fingerprint density at radius 3 is 3.27 bits per heavy atom. The van der Waals surface area contributed by atoms with Gasteiger partial charge in [0.25, 0.3) is 0 Å². The highest BCUT2D eigenvalue weighted by Crippen LogP contribution is 2.16. The molecule has 0 aromatic carbocycles. The van der Waals surface area contributed by atoms with Crippen molar-refractivity contribution in [1.82, 2.24) is 0 Å². The number of thioether (sulfide) groups is 1. The molecule has 2 heteroatoms. The molecule has 0 aromatic rings. The summed E-state index contributed by atoms with van der Waals surface area (Å²) in [6, 6.07) is 0. The van der Waals surface area contributed by atoms with Crippen molar-refractivity contribution in [1.29, 1.82) is 0 Å². The van der Waals surface area contributed by atoms with Crippen LogP contribution in [0, 0.1) is 0 Å². The van der Waals surface area contributed by atoms with E-state index in [9.17, 15) is 0 Å². The van der Waals surface area contributed by atoms with E-state index >= 15 is 0 Å². The van der Waals surface area contributed by atoms with Crippen LogP contribution in [-0.2, 0) is 0 Å². The molecule has 0 unspecified atom stereocenters. The topological polar surface area (TPSA) is 12.4 Å². The van der Waals surface area contributed by atoms with Gasteiger partial charge in [-0.25, -0.2) is 0 Å². The van der Waals surface area contributed by atoms with Crippen LogP contribution in [0.4, 0.5) is 0 Å². The summed E-state index contributed by atoms with van der Waals surface area (Å²) in [5.74, 6) is 0.993. The van der Waals surface area contributed by atoms with E-state index in [0.717, 1.165) is 11.3 Å². The van der Waals surface area contributed by atoms with Crippen LogP contribution in [0.1, 0.15) is 6.92 Å². The maximum atomic E-state index is 4.04. The maximum Gasteiger partial charge on any atom is 0.0334 e. The Balaban J connectivity index is 2.76. The summed E-state index contributed by atoms with van der Waals surface area (Å²) in [5.41, 5.74) is 0.960. The number of allylic oxidation sites excluding steroid dienone is 3. The van der Waals surface area contributed by atoms with Crippen LogP contribution in [0.15, 0.2) is 40.4 Å². The van der Waals surface area contributed by atoms with Gasteiger partial charge in [-0.3, -0.25) is 4.99 Å². The molecule has 58 valence electrons. The molecule has 1 heterocycles. The average molecular weight is 165 g/mol. The first kappa shape index (κ1) is 8.34. The van der Waals surface area contributed by atoms with Gasteiger partial charge in [-0.1, -0.05) is 12.7 Å². The van der Waals surface area contributed by atoms with Gasteiger partial charge in [0.2, 0.25) is 0 Å². The van der Waals surface area contributed by atoms with Gasteiger partial charge in [0.15, 0.2) is 0 Å². The first-order chi connectivity index (χ1) is 5.29. The Bertz CT molecular complexity index is 236. The molecule has 1 aliphatic heterocycles. The highest BCUT2D eigenvalue weighted by atomic mass is 32.2. The second-order valence-electron chi connectivity index (χ2n) is 2.30. The molecule has 0 atom stereocenters. The van der Waals surface area contributed by atoms with Crippen molar-refractivity contribution < 1.29 is 0 Å². The van der Waals surface area contributed by atoms with Crippen LogP contribution in [0.25, 0.3) is 0 Å². The second kappa shape index (κ2) is 4.19. The van der Waals surface area contributed by atoms with Crippen molar-refractivity contribution in [3.05, 3.63) is 35.4 Å². The number of aliphatic imine (C=N–C) groups is 1. The average Bonchev–Trinajstić information content (AvgIpc) is 2.02. The fourth-order valence-corrected chi connectivity index (χ4v) is 1.44. The van der Waals surface area contributed by atoms with Gasteiger partial charge in [-0.05, 0) is 23.5 Å². The quantitative estimate of drug-likeness (QED) is 0.537. The SMILES string of the molecule is C=C1/C=N\C=C/CS/C(C)=C\1. The van der Waals surface area contributed by atoms with Crippen LogP contribution in [0.2, 0.25) is 0 Å². The van der Waals surface area contributed by atoms with Gasteiger partial charge in [-0.15, -0.1) is 11.8 Å². The van der Waals surface area contributed by atoms with Crippen molar-refractivity contribution >= 4 is 18.0 Å². The summed E-state index contributed by atoms with van der Waals surface area (Å²) in [7, 11) is 0. The fourth-order valence-electron chi connectivity index (χ4n) is 0.762. The molecule has 0 saturated carbocycles. The standard InChI is InChI=1S/C9H11NS/c1-8-6-9(2)11-5-3-4-10-7-8/h3-4,6-7H,1,5H2,2H3/b4-3-,9-6-,10-7-. The zero-order chi connectivity index (χ0) is 8.10. The number of rotatable bonds is 0. The molecule has 0 fully saturated rings. The lowest BCUT2D eigenvalue weighted by Gasteiger charge is -1.95. The van der Waals surface area contributed by atoms with E-state index in [0.29, 0.717) is 0 Å². The van der Waals surface area contributed by atoms with Crippen LogP contribution in [-0.4, -0.2) is 12.0 Å². The van der Waals surface area contributed by atoms with Crippen molar-refractivity contribution in [3.8, 4) is 0 Å². The lowest BCUT2D eigenvalue weighted by atomic mass is 10.3. The molecular weight excluding hydrogens is 154 g/mol. The number of hydrogen-bond acceptors (Lipinski definition) is 2. The van der Waals surface area contributed by atoms with Crippen LogP contribution in [0.3, 0.4) is 0 Å². The highest BCUT2D eigenvalue weighted by molar-refractivity contribution is 8.03. The minimum absolute atomic E-state index is 0.960. The van der Waals surface area contributed by atoms with E-state index in [2.05, 4.69) is 18.5 Å². The smallest absolute Gasteiger partial charge is 0.0334 e. The van der Waals surface area contributed by atoms with Crippen molar-refractivity contribution in [2.75, 3.05) is 5.75 Å². The second-order valence-corrected chi connectivity index (χ2v) is 3.57. The summed E-state index contributed by atoms with van der Waals surface area (Å²) in [5, 5.41) is 0. The third kappa shape index (κ3) is 3.23. The molecule has 1 rings (SSSR count). The molecule has 0 bridgehead atoms. The molecule has 0 saturated heterocycles. The van der Waals surface area contributed by atoms with Gasteiger partial charge in [0.1, 0.15) is 0 Å². The summed E-state index contributed by atoms with van der Waals surface area (Å²) in [6.07, 6.45) is 7.66. The largest absolute Gasteiger partial charge is 0.264 e. The van der Waals surface area contributed by atoms with Crippen molar-refractivity contribution in [3.63, 3.8) is 0 Å². The van der Waals surface area contributed by atoms with E-state index < -0.39 is 0 Å². The van der Waals surface area contributed by atoms with Crippen LogP contribution >= 0.6 is 11.8 Å². The molecule has 0 amide bonds. The molecule has 1 nitrogen and oxygen atoms in total. The van der Waals surface area contributed by atoms with Crippen molar-refractivity contribution in [2.24, 2.45) is 4.99 Å². The van der Waals surface area contributed by atoms with Crippen LogP contribution in [0.5, 0.6) is 0 Å². The maximum absolute atomic E-state index is 4.04. The van der Waals surface area contributed by atoms with Gasteiger partial charge < -0.3 is 0 Å². The molecule has 0 aromatic heterocycles. The third-order valence-corrected chi connectivity index (χ3v) is 2.16. The van der Waals surface area contributed by atoms with E-state index in [1.807, 2.05) is 18.4 Å². The first-order valence-electron chi connectivity index (χ1n) is 3.47. The highest BCUT2D eigenvalue weighted by Gasteiger charge is 1.91. The monoisotopic (exact) mass is 165 g/mol. The molecule has 1 aliphatic rings. The molecule has 0 radical (unpaired) electrons. The molecule has 0 N–H and O–H groups in total. The summed E-state index contributed by atoms with van der Waals surface area (Å²) < 4.78 is 0. The van der Waals surface area contributed by atoms with Gasteiger partial charge in [0, 0.05) is 18.2 Å². The first-order valence-corrected chi connectivity index (χ1v) is 4.46. The van der Waals surface area contributed by atoms with Gasteiger partial charge in [0.05, 0.1) is 0 Å². The lowest BCUT2D eigenvalue weighted by Crippen LogP contribution is -1.76. The Morgan fingerprint density at radius 2 is 2.45 bits per heavy atom. The van der Waals surface area contributed by atoms with E-state index in [1.165, 1.54) is 4.91 Å². The summed E-state index contributed by atoms with van der Waals surface area (Å²) in [6.45, 7) is 5.92.